The van der Waals surface area contributed by atoms with E-state index in [-0.39, 0.29) is 11.4 Å². The summed E-state index contributed by atoms with van der Waals surface area (Å²) in [4.78, 5) is 25.6. The highest BCUT2D eigenvalue weighted by atomic mass is 16.2. The zero-order valence-corrected chi connectivity index (χ0v) is 8.04. The molecular formula is C10H6N4O2. The summed E-state index contributed by atoms with van der Waals surface area (Å²) in [5.74, 6) is 0.243. The summed E-state index contributed by atoms with van der Waals surface area (Å²) in [5.41, 5.74) is 0.336. The smallest absolute Gasteiger partial charge is 0.321 e. The normalized spacial score (nSPS) is 11.0. The molecule has 0 fully saturated rings. The first-order chi connectivity index (χ1) is 7.75. The van der Waals surface area contributed by atoms with E-state index in [9.17, 15) is 9.59 Å². The van der Waals surface area contributed by atoms with Gasteiger partial charge in [0.2, 0.25) is 0 Å². The predicted octanol–water partition coefficient (Wildman–Crippen LogP) is -0.0932. The lowest BCUT2D eigenvalue weighted by molar-refractivity contribution is 1.03. The Morgan fingerprint density at radius 1 is 1.12 bits per heavy atom. The van der Waals surface area contributed by atoms with E-state index in [2.05, 4.69) is 15.2 Å². The van der Waals surface area contributed by atoms with Gasteiger partial charge in [0, 0.05) is 6.07 Å². The first kappa shape index (κ1) is 8.78. The molecule has 0 unspecified atom stereocenters. The fraction of sp³-hybridized carbons (Fsp3) is 0. The SMILES string of the molecule is O=c1cc2nnc(=O)n-2c2ccccc2[nH]1. The van der Waals surface area contributed by atoms with Gasteiger partial charge >= 0.3 is 5.69 Å². The topological polar surface area (TPSA) is 80.6 Å². The van der Waals surface area contributed by atoms with E-state index in [4.69, 9.17) is 0 Å². The number of aromatic nitrogens is 4. The number of benzene rings is 1. The molecule has 0 aliphatic carbocycles. The second-order valence-corrected chi connectivity index (χ2v) is 3.33. The lowest BCUT2D eigenvalue weighted by atomic mass is 10.3. The van der Waals surface area contributed by atoms with E-state index in [1.807, 2.05) is 0 Å². The number of hydrogen-bond donors (Lipinski definition) is 1. The molecule has 0 amide bonds. The van der Waals surface area contributed by atoms with Gasteiger partial charge in [0.1, 0.15) is 0 Å². The fourth-order valence-electron chi connectivity index (χ4n) is 1.66. The van der Waals surface area contributed by atoms with Crippen LogP contribution >= 0.6 is 0 Å². The third-order valence-electron chi connectivity index (χ3n) is 2.32. The fourth-order valence-corrected chi connectivity index (χ4v) is 1.66. The van der Waals surface area contributed by atoms with E-state index in [1.54, 1.807) is 24.3 Å². The van der Waals surface area contributed by atoms with Crippen molar-refractivity contribution < 1.29 is 0 Å². The minimum Gasteiger partial charge on any atom is -0.321 e. The van der Waals surface area contributed by atoms with Crippen molar-refractivity contribution in [1.29, 1.82) is 0 Å². The Balaban J connectivity index is 2.69. The van der Waals surface area contributed by atoms with Crippen LogP contribution in [0.1, 0.15) is 0 Å². The Kier molecular flexibility index (Phi) is 1.64. The van der Waals surface area contributed by atoms with Crippen LogP contribution in [0.3, 0.4) is 0 Å². The van der Waals surface area contributed by atoms with Crippen LogP contribution in [-0.4, -0.2) is 19.7 Å². The average molecular weight is 214 g/mol. The molecule has 1 aromatic carbocycles. The molecule has 6 heteroatoms. The molecule has 3 rings (SSSR count). The summed E-state index contributed by atoms with van der Waals surface area (Å²) in [6.45, 7) is 0. The van der Waals surface area contributed by atoms with Gasteiger partial charge < -0.3 is 4.98 Å². The number of para-hydroxylation sites is 2. The minimum absolute atomic E-state index is 0.243. The van der Waals surface area contributed by atoms with Crippen molar-refractivity contribution in [2.24, 2.45) is 0 Å². The highest BCUT2D eigenvalue weighted by Gasteiger charge is 2.10. The molecule has 16 heavy (non-hydrogen) atoms. The van der Waals surface area contributed by atoms with E-state index >= 15 is 0 Å². The van der Waals surface area contributed by atoms with Crippen molar-refractivity contribution in [2.45, 2.75) is 0 Å². The first-order valence-electron chi connectivity index (χ1n) is 4.63. The molecule has 2 aliphatic heterocycles. The molecule has 2 heterocycles. The molecular weight excluding hydrogens is 208 g/mol. The molecule has 6 nitrogen and oxygen atoms in total. The lowest BCUT2D eigenvalue weighted by Gasteiger charge is -1.97. The third kappa shape index (κ3) is 1.13. The minimum atomic E-state index is -0.491. The quantitative estimate of drug-likeness (QED) is 0.567. The van der Waals surface area contributed by atoms with Crippen molar-refractivity contribution in [3.05, 3.63) is 51.2 Å². The number of hydrogen-bond acceptors (Lipinski definition) is 4. The zero-order chi connectivity index (χ0) is 11.1. The lowest BCUT2D eigenvalue weighted by Crippen LogP contribution is -2.13. The molecule has 1 aromatic rings. The van der Waals surface area contributed by atoms with Crippen LogP contribution in [0.5, 0.6) is 0 Å². The number of rotatable bonds is 0. The van der Waals surface area contributed by atoms with Gasteiger partial charge in [0.15, 0.2) is 5.82 Å². The van der Waals surface area contributed by atoms with Crippen molar-refractivity contribution in [3.8, 4) is 5.82 Å². The van der Waals surface area contributed by atoms with Crippen LogP contribution in [0.2, 0.25) is 0 Å². The molecule has 2 aliphatic rings. The maximum Gasteiger partial charge on any atom is 0.372 e. The van der Waals surface area contributed by atoms with Crippen LogP contribution in [0.4, 0.5) is 0 Å². The first-order valence-corrected chi connectivity index (χ1v) is 4.63. The second-order valence-electron chi connectivity index (χ2n) is 3.33. The molecule has 78 valence electrons. The number of nitrogens with one attached hydrogen (secondary N) is 1. The van der Waals surface area contributed by atoms with Crippen molar-refractivity contribution >= 4 is 11.0 Å². The Bertz CT molecular complexity index is 759. The average Bonchev–Trinajstić information content (AvgIpc) is 2.55. The van der Waals surface area contributed by atoms with Gasteiger partial charge in [0.25, 0.3) is 5.56 Å². The number of H-pyrrole nitrogens is 1. The highest BCUT2D eigenvalue weighted by molar-refractivity contribution is 5.75. The molecule has 0 spiro atoms. The van der Waals surface area contributed by atoms with Gasteiger partial charge in [0.05, 0.1) is 11.0 Å². The van der Waals surface area contributed by atoms with Gasteiger partial charge in [-0.2, -0.15) is 0 Å². The Labute approximate surface area is 88.5 Å². The van der Waals surface area contributed by atoms with Crippen LogP contribution < -0.4 is 11.2 Å². The van der Waals surface area contributed by atoms with Crippen molar-refractivity contribution in [2.75, 3.05) is 0 Å². The molecule has 0 saturated heterocycles. The van der Waals surface area contributed by atoms with Crippen LogP contribution in [0.15, 0.2) is 39.9 Å². The number of aromatic amines is 1. The predicted molar refractivity (Wildman–Crippen MR) is 56.9 cm³/mol. The molecule has 0 atom stereocenters. The Hall–Kier alpha value is -2.50. The Morgan fingerprint density at radius 3 is 2.81 bits per heavy atom. The third-order valence-corrected chi connectivity index (χ3v) is 2.32. The summed E-state index contributed by atoms with van der Waals surface area (Å²) in [6, 6.07) is 8.24. The summed E-state index contributed by atoms with van der Waals surface area (Å²) in [6.07, 6.45) is 0. The van der Waals surface area contributed by atoms with E-state index in [1.165, 1.54) is 10.6 Å². The molecule has 0 bridgehead atoms. The van der Waals surface area contributed by atoms with E-state index in [0.29, 0.717) is 11.0 Å². The van der Waals surface area contributed by atoms with Crippen LogP contribution in [0, 0.1) is 0 Å². The molecule has 1 N–H and O–H groups in total. The summed E-state index contributed by atoms with van der Waals surface area (Å²) < 4.78 is 1.30. The van der Waals surface area contributed by atoms with Gasteiger partial charge in [-0.3, -0.25) is 4.79 Å². The second kappa shape index (κ2) is 2.99. The van der Waals surface area contributed by atoms with Gasteiger partial charge in [-0.15, -0.1) is 5.10 Å². The van der Waals surface area contributed by atoms with E-state index < -0.39 is 5.69 Å². The monoisotopic (exact) mass is 214 g/mol. The number of fused-ring (bicyclic) bond motifs is 3. The Morgan fingerprint density at radius 2 is 1.94 bits per heavy atom. The maximum atomic E-state index is 11.5. The number of nitrogens with zero attached hydrogens (tertiary/aromatic N) is 3. The molecule has 0 saturated carbocycles. The summed E-state index contributed by atoms with van der Waals surface area (Å²) in [7, 11) is 0. The summed E-state index contributed by atoms with van der Waals surface area (Å²) in [5, 5.41) is 7.07. The summed E-state index contributed by atoms with van der Waals surface area (Å²) >= 11 is 0. The largest absolute Gasteiger partial charge is 0.372 e. The van der Waals surface area contributed by atoms with E-state index in [0.717, 1.165) is 0 Å². The van der Waals surface area contributed by atoms with Gasteiger partial charge in [-0.25, -0.2) is 9.36 Å². The van der Waals surface area contributed by atoms with Gasteiger partial charge in [-0.05, 0) is 12.1 Å². The zero-order valence-electron chi connectivity index (χ0n) is 8.04. The van der Waals surface area contributed by atoms with Crippen molar-refractivity contribution in [3.63, 3.8) is 0 Å². The standard InChI is InChI=1S/C10H6N4O2/c15-9-5-8-12-13-10(16)14(8)7-4-2-1-3-6(7)11-9/h1-5H,(H,11,15). The molecule has 0 radical (unpaired) electrons. The van der Waals surface area contributed by atoms with Crippen molar-refractivity contribution in [1.82, 2.24) is 19.7 Å². The molecule has 0 aromatic heterocycles. The van der Waals surface area contributed by atoms with Crippen LogP contribution in [-0.2, 0) is 0 Å². The highest BCUT2D eigenvalue weighted by Crippen LogP contribution is 2.10. The van der Waals surface area contributed by atoms with Gasteiger partial charge in [-0.1, -0.05) is 17.2 Å². The maximum absolute atomic E-state index is 11.5. The van der Waals surface area contributed by atoms with Crippen LogP contribution in [0.25, 0.3) is 16.9 Å².